The quantitative estimate of drug-likeness (QED) is 0.240. The molecular formula is C20H31NO3. The fourth-order valence-electron chi connectivity index (χ4n) is 2.25. The number of nitrogens with zero attached hydrogens (tertiary/aromatic N) is 1. The second-order valence-corrected chi connectivity index (χ2v) is 6.34. The van der Waals surface area contributed by atoms with Crippen molar-refractivity contribution in [2.75, 3.05) is 19.8 Å². The van der Waals surface area contributed by atoms with E-state index in [4.69, 9.17) is 14.3 Å². The molecule has 4 heteroatoms. The molecule has 0 atom stereocenters. The van der Waals surface area contributed by atoms with Crippen LogP contribution in [0.25, 0.3) is 0 Å². The second kappa shape index (κ2) is 10.7. The number of ether oxygens (including phenoxy) is 2. The lowest BCUT2D eigenvalue weighted by Crippen LogP contribution is -2.05. The van der Waals surface area contributed by atoms with E-state index in [1.165, 1.54) is 5.56 Å². The summed E-state index contributed by atoms with van der Waals surface area (Å²) in [7, 11) is 0. The first-order valence-corrected chi connectivity index (χ1v) is 8.60. The molecule has 0 unspecified atom stereocenters. The summed E-state index contributed by atoms with van der Waals surface area (Å²) in [6, 6.07) is 4.09. The van der Waals surface area contributed by atoms with Gasteiger partial charge in [0.25, 0.3) is 0 Å². The van der Waals surface area contributed by atoms with E-state index in [9.17, 15) is 0 Å². The number of hydrogen-bond donors (Lipinski definition) is 0. The van der Waals surface area contributed by atoms with E-state index in [1.54, 1.807) is 6.08 Å². The molecule has 1 aromatic rings. The highest BCUT2D eigenvalue weighted by atomic mass is 16.6. The van der Waals surface area contributed by atoms with Gasteiger partial charge in [-0.1, -0.05) is 31.7 Å². The Kier molecular flexibility index (Phi) is 8.98. The van der Waals surface area contributed by atoms with Gasteiger partial charge in [0, 0.05) is 5.56 Å². The van der Waals surface area contributed by atoms with Crippen LogP contribution in [0.1, 0.15) is 57.6 Å². The maximum Gasteiger partial charge on any atom is 0.125 e. The van der Waals surface area contributed by atoms with Gasteiger partial charge in [0.2, 0.25) is 0 Å². The van der Waals surface area contributed by atoms with E-state index >= 15 is 0 Å². The Morgan fingerprint density at radius 2 is 1.88 bits per heavy atom. The minimum Gasteiger partial charge on any atom is -0.493 e. The summed E-state index contributed by atoms with van der Waals surface area (Å²) in [6.07, 6.45) is 3.61. The van der Waals surface area contributed by atoms with Crippen molar-refractivity contribution < 1.29 is 14.3 Å². The molecule has 134 valence electrons. The number of benzene rings is 1. The number of hydrogen-bond acceptors (Lipinski definition) is 4. The third kappa shape index (κ3) is 7.07. The van der Waals surface area contributed by atoms with Crippen LogP contribution < -0.4 is 9.47 Å². The van der Waals surface area contributed by atoms with Gasteiger partial charge < -0.3 is 14.3 Å². The Balaban J connectivity index is 2.60. The molecule has 0 fully saturated rings. The van der Waals surface area contributed by atoms with Crippen molar-refractivity contribution in [3.05, 3.63) is 35.9 Å². The number of unbranched alkanes of at least 4 members (excludes halogenated alkanes) is 1. The van der Waals surface area contributed by atoms with Gasteiger partial charge in [0.1, 0.15) is 24.7 Å². The molecule has 24 heavy (non-hydrogen) atoms. The minimum absolute atomic E-state index is 0.371. The van der Waals surface area contributed by atoms with E-state index in [-0.39, 0.29) is 0 Å². The van der Waals surface area contributed by atoms with Crippen LogP contribution in [0.15, 0.2) is 29.9 Å². The molecule has 0 aliphatic heterocycles. The average molecular weight is 333 g/mol. The van der Waals surface area contributed by atoms with Gasteiger partial charge in [0.15, 0.2) is 0 Å². The van der Waals surface area contributed by atoms with E-state index in [0.717, 1.165) is 35.6 Å². The molecule has 1 aromatic carbocycles. The number of rotatable bonds is 11. The molecule has 0 spiro atoms. The lowest BCUT2D eigenvalue weighted by Gasteiger charge is -2.18. The predicted octanol–water partition coefficient (Wildman–Crippen LogP) is 5.25. The number of aryl methyl sites for hydroxylation is 1. The maximum absolute atomic E-state index is 6.05. The molecule has 0 aromatic heterocycles. The summed E-state index contributed by atoms with van der Waals surface area (Å²) in [4.78, 5) is 5.19. The highest BCUT2D eigenvalue weighted by Gasteiger charge is 2.13. The minimum atomic E-state index is 0.371. The van der Waals surface area contributed by atoms with Gasteiger partial charge in [-0.3, -0.25) is 0 Å². The zero-order chi connectivity index (χ0) is 17.9. The lowest BCUT2D eigenvalue weighted by molar-refractivity contribution is 0.135. The third-order valence-corrected chi connectivity index (χ3v) is 3.39. The molecule has 0 N–H and O–H groups in total. The van der Waals surface area contributed by atoms with Crippen LogP contribution in [-0.4, -0.2) is 25.5 Å². The monoisotopic (exact) mass is 333 g/mol. The van der Waals surface area contributed by atoms with Crippen LogP contribution in [0.4, 0.5) is 0 Å². The van der Waals surface area contributed by atoms with E-state index in [0.29, 0.717) is 25.7 Å². The highest BCUT2D eigenvalue weighted by Crippen LogP contribution is 2.34. The van der Waals surface area contributed by atoms with Gasteiger partial charge in [-0.25, -0.2) is 0 Å². The van der Waals surface area contributed by atoms with Crippen LogP contribution in [0.3, 0.4) is 0 Å². The normalized spacial score (nSPS) is 10.4. The fourth-order valence-corrected chi connectivity index (χ4v) is 2.25. The van der Waals surface area contributed by atoms with Crippen LogP contribution in [0.5, 0.6) is 11.5 Å². The number of oxime groups is 1. The highest BCUT2D eigenvalue weighted by molar-refractivity contribution is 5.78. The Morgan fingerprint density at radius 1 is 1.17 bits per heavy atom. The largest absolute Gasteiger partial charge is 0.493 e. The van der Waals surface area contributed by atoms with Gasteiger partial charge in [-0.05, 0) is 57.2 Å². The first-order chi connectivity index (χ1) is 11.5. The Morgan fingerprint density at radius 3 is 2.50 bits per heavy atom. The summed E-state index contributed by atoms with van der Waals surface area (Å²) in [6.45, 7) is 15.7. The Hall–Kier alpha value is -1.97. The van der Waals surface area contributed by atoms with Crippen molar-refractivity contribution in [2.24, 2.45) is 5.16 Å². The molecule has 0 aliphatic carbocycles. The van der Waals surface area contributed by atoms with Gasteiger partial charge in [0.05, 0.1) is 12.3 Å². The van der Waals surface area contributed by atoms with Gasteiger partial charge in [-0.15, -0.1) is 0 Å². The van der Waals surface area contributed by atoms with E-state index in [1.807, 2.05) is 19.9 Å². The lowest BCUT2D eigenvalue weighted by atomic mass is 9.99. The van der Waals surface area contributed by atoms with E-state index in [2.05, 4.69) is 38.6 Å². The molecule has 0 amide bonds. The summed E-state index contributed by atoms with van der Waals surface area (Å²) in [5, 5.41) is 3.92. The van der Waals surface area contributed by atoms with Crippen LogP contribution in [-0.2, 0) is 4.84 Å². The maximum atomic E-state index is 6.05. The first-order valence-electron chi connectivity index (χ1n) is 8.60. The van der Waals surface area contributed by atoms with Crippen molar-refractivity contribution >= 4 is 5.71 Å². The Bertz CT molecular complexity index is 546. The molecule has 0 aliphatic rings. The molecule has 0 radical (unpaired) electrons. The predicted molar refractivity (Wildman–Crippen MR) is 100 cm³/mol. The molecular weight excluding hydrogens is 302 g/mol. The summed E-state index contributed by atoms with van der Waals surface area (Å²) < 4.78 is 11.7. The zero-order valence-corrected chi connectivity index (χ0v) is 15.7. The van der Waals surface area contributed by atoms with Crippen molar-refractivity contribution in [1.29, 1.82) is 0 Å². The van der Waals surface area contributed by atoms with Crippen LogP contribution in [0.2, 0.25) is 0 Å². The van der Waals surface area contributed by atoms with Crippen molar-refractivity contribution in [2.45, 2.75) is 53.4 Å². The average Bonchev–Trinajstić information content (AvgIpc) is 2.52. The topological polar surface area (TPSA) is 40.0 Å². The van der Waals surface area contributed by atoms with Crippen molar-refractivity contribution in [1.82, 2.24) is 0 Å². The third-order valence-electron chi connectivity index (χ3n) is 3.39. The Labute approximate surface area is 146 Å². The molecule has 4 nitrogen and oxygen atoms in total. The van der Waals surface area contributed by atoms with Gasteiger partial charge in [-0.2, -0.15) is 0 Å². The molecule has 0 saturated carbocycles. The second-order valence-electron chi connectivity index (χ2n) is 6.34. The summed E-state index contributed by atoms with van der Waals surface area (Å²) in [5.41, 5.74) is 3.21. The first kappa shape index (κ1) is 20.1. The molecule has 0 bridgehead atoms. The standard InChI is InChI=1S/C20H31NO3/c1-7-10-22-18-13-17(6)20(19(14-18)15(2)3)23-11-8-9-12-24-21-16(4)5/h7,13-15H,1,8-12H2,2-6H3. The summed E-state index contributed by atoms with van der Waals surface area (Å²) in [5.74, 6) is 2.21. The van der Waals surface area contributed by atoms with Crippen LogP contribution >= 0.6 is 0 Å². The van der Waals surface area contributed by atoms with Crippen LogP contribution in [0, 0.1) is 6.92 Å². The smallest absolute Gasteiger partial charge is 0.125 e. The molecule has 0 heterocycles. The van der Waals surface area contributed by atoms with Gasteiger partial charge >= 0.3 is 0 Å². The molecule has 0 saturated heterocycles. The SMILES string of the molecule is C=CCOc1cc(C)c(OCCCCON=C(C)C)c(C(C)C)c1. The summed E-state index contributed by atoms with van der Waals surface area (Å²) >= 11 is 0. The van der Waals surface area contributed by atoms with Crippen molar-refractivity contribution in [3.63, 3.8) is 0 Å². The van der Waals surface area contributed by atoms with Crippen molar-refractivity contribution in [3.8, 4) is 11.5 Å². The zero-order valence-electron chi connectivity index (χ0n) is 15.7. The fraction of sp³-hybridized carbons (Fsp3) is 0.550. The van der Waals surface area contributed by atoms with E-state index < -0.39 is 0 Å². The molecule has 1 rings (SSSR count).